The molecule has 0 heterocycles. The van der Waals surface area contributed by atoms with E-state index >= 15 is 0 Å². The molecule has 2 aromatic rings. The molecular weight excluding hydrogens is 370 g/mol. The Morgan fingerprint density at radius 1 is 1.26 bits per heavy atom. The highest BCUT2D eigenvalue weighted by Crippen LogP contribution is 2.38. The van der Waals surface area contributed by atoms with Crippen LogP contribution in [0.5, 0.6) is 5.75 Å². The number of carboxylic acids is 1. The smallest absolute Gasteiger partial charge is 0.307 e. The van der Waals surface area contributed by atoms with Crippen molar-refractivity contribution in [3.05, 3.63) is 76.2 Å². The van der Waals surface area contributed by atoms with Crippen LogP contribution in [0, 0.1) is 11.6 Å². The molecule has 1 aliphatic rings. The Morgan fingerprint density at radius 3 is 2.81 bits per heavy atom. The van der Waals surface area contributed by atoms with Crippen LogP contribution in [-0.4, -0.2) is 18.2 Å². The maximum absolute atomic E-state index is 14.1. The first-order valence-electron chi connectivity index (χ1n) is 8.39. The molecule has 0 fully saturated rings. The van der Waals surface area contributed by atoms with E-state index in [1.165, 1.54) is 24.9 Å². The normalized spacial score (nSPS) is 13.7. The molecule has 0 bridgehead atoms. The Kier molecular flexibility index (Phi) is 5.96. The molecule has 3 rings (SSSR count). The minimum Gasteiger partial charge on any atom is -0.497 e. The Labute approximate surface area is 160 Å². The Hall–Kier alpha value is -2.60. The molecular formula is C21H18F2O3S. The number of carbonyl (C=O) groups is 1. The number of aliphatic carboxylic acids is 1. The van der Waals surface area contributed by atoms with Crippen LogP contribution in [0.25, 0.3) is 5.57 Å². The fourth-order valence-corrected chi connectivity index (χ4v) is 4.00. The predicted molar refractivity (Wildman–Crippen MR) is 102 cm³/mol. The number of hydrogen-bond donors (Lipinski definition) is 1. The number of hydrogen-bond acceptors (Lipinski definition) is 3. The van der Waals surface area contributed by atoms with Crippen LogP contribution in [0.2, 0.25) is 0 Å². The van der Waals surface area contributed by atoms with E-state index in [1.807, 2.05) is 24.3 Å². The Bertz CT molecular complexity index is 935. The first-order valence-corrected chi connectivity index (χ1v) is 9.20. The van der Waals surface area contributed by atoms with E-state index in [9.17, 15) is 13.6 Å². The first kappa shape index (κ1) is 19.2. The van der Waals surface area contributed by atoms with Crippen LogP contribution in [-0.2, 0) is 11.2 Å². The molecule has 1 N–H and O–H groups in total. The topological polar surface area (TPSA) is 46.5 Å². The van der Waals surface area contributed by atoms with Crippen molar-refractivity contribution < 1.29 is 23.4 Å². The summed E-state index contributed by atoms with van der Waals surface area (Å²) < 4.78 is 32.9. The quantitative estimate of drug-likeness (QED) is 0.714. The number of ether oxygens (including phenoxy) is 1. The van der Waals surface area contributed by atoms with Crippen LogP contribution >= 0.6 is 11.8 Å². The largest absolute Gasteiger partial charge is 0.497 e. The van der Waals surface area contributed by atoms with E-state index in [0.717, 1.165) is 28.7 Å². The lowest BCUT2D eigenvalue weighted by molar-refractivity contribution is -0.136. The second-order valence-corrected chi connectivity index (χ2v) is 7.30. The molecule has 0 aromatic heterocycles. The second kappa shape index (κ2) is 8.39. The van der Waals surface area contributed by atoms with Crippen LogP contribution in [0.4, 0.5) is 8.78 Å². The molecule has 140 valence electrons. The van der Waals surface area contributed by atoms with Gasteiger partial charge < -0.3 is 9.84 Å². The molecule has 0 aliphatic heterocycles. The SMILES string of the molecule is COc1cc(CC(=O)O)cc(SC2=CC(c3cccc(F)c3F)=CCC2)c1. The third kappa shape index (κ3) is 4.77. The van der Waals surface area contributed by atoms with Gasteiger partial charge in [-0.05, 0) is 59.2 Å². The Morgan fingerprint density at radius 2 is 2.07 bits per heavy atom. The van der Waals surface area contributed by atoms with Crippen molar-refractivity contribution in [2.75, 3.05) is 7.11 Å². The second-order valence-electron chi connectivity index (χ2n) is 6.10. The van der Waals surface area contributed by atoms with E-state index in [-0.39, 0.29) is 12.0 Å². The lowest BCUT2D eigenvalue weighted by Crippen LogP contribution is -2.00. The first-order chi connectivity index (χ1) is 13.0. The average molecular weight is 388 g/mol. The highest BCUT2D eigenvalue weighted by atomic mass is 32.2. The van der Waals surface area contributed by atoms with E-state index in [4.69, 9.17) is 9.84 Å². The van der Waals surface area contributed by atoms with Crippen molar-refractivity contribution in [3.8, 4) is 5.75 Å². The van der Waals surface area contributed by atoms with Crippen LogP contribution < -0.4 is 4.74 Å². The molecule has 1 aliphatic carbocycles. The lowest BCUT2D eigenvalue weighted by atomic mass is 9.99. The minimum atomic E-state index is -0.914. The summed E-state index contributed by atoms with van der Waals surface area (Å²) in [4.78, 5) is 12.8. The number of methoxy groups -OCH3 is 1. The standard InChI is InChI=1S/C21H18F2O3S/c1-26-15-8-13(10-20(24)25)9-17(12-15)27-16-5-2-4-14(11-16)18-6-3-7-19(22)21(18)23/h3-4,6-9,11-12H,2,5,10H2,1H3,(H,24,25). The van der Waals surface area contributed by atoms with Gasteiger partial charge in [0.25, 0.3) is 0 Å². The maximum Gasteiger partial charge on any atom is 0.307 e. The molecule has 0 radical (unpaired) electrons. The summed E-state index contributed by atoms with van der Waals surface area (Å²) in [6.07, 6.45) is 5.14. The molecule has 0 amide bonds. The summed E-state index contributed by atoms with van der Waals surface area (Å²) in [6.45, 7) is 0. The van der Waals surface area contributed by atoms with Crippen LogP contribution in [0.3, 0.4) is 0 Å². The fourth-order valence-electron chi connectivity index (χ4n) is 2.90. The highest BCUT2D eigenvalue weighted by molar-refractivity contribution is 8.03. The molecule has 27 heavy (non-hydrogen) atoms. The van der Waals surface area contributed by atoms with E-state index in [2.05, 4.69) is 0 Å². The summed E-state index contributed by atoms with van der Waals surface area (Å²) in [5.41, 5.74) is 1.53. The van der Waals surface area contributed by atoms with Gasteiger partial charge in [-0.3, -0.25) is 4.79 Å². The number of rotatable bonds is 6. The number of benzene rings is 2. The van der Waals surface area contributed by atoms with Crippen molar-refractivity contribution in [1.82, 2.24) is 0 Å². The Balaban J connectivity index is 1.87. The zero-order valence-corrected chi connectivity index (χ0v) is 15.5. The van der Waals surface area contributed by atoms with E-state index < -0.39 is 17.6 Å². The molecule has 2 aromatic carbocycles. The van der Waals surface area contributed by atoms with Gasteiger partial charge in [-0.1, -0.05) is 30.0 Å². The van der Waals surface area contributed by atoms with Crippen molar-refractivity contribution >= 4 is 23.3 Å². The number of allylic oxidation sites excluding steroid dienone is 4. The van der Waals surface area contributed by atoms with Crippen molar-refractivity contribution in [2.24, 2.45) is 0 Å². The van der Waals surface area contributed by atoms with E-state index in [1.54, 1.807) is 12.1 Å². The molecule has 0 atom stereocenters. The summed E-state index contributed by atoms with van der Waals surface area (Å²) in [7, 11) is 1.53. The summed E-state index contributed by atoms with van der Waals surface area (Å²) in [6, 6.07) is 9.48. The van der Waals surface area contributed by atoms with Crippen LogP contribution in [0.15, 0.2) is 58.4 Å². The highest BCUT2D eigenvalue weighted by Gasteiger charge is 2.15. The average Bonchev–Trinajstić information content (AvgIpc) is 2.63. The molecule has 6 heteroatoms. The molecule has 0 spiro atoms. The summed E-state index contributed by atoms with van der Waals surface area (Å²) in [5, 5.41) is 9.02. The molecule has 3 nitrogen and oxygen atoms in total. The van der Waals surface area contributed by atoms with Crippen molar-refractivity contribution in [2.45, 2.75) is 24.2 Å². The number of thioether (sulfide) groups is 1. The predicted octanol–water partition coefficient (Wildman–Crippen LogP) is 5.45. The minimum absolute atomic E-state index is 0.0938. The maximum atomic E-state index is 14.1. The van der Waals surface area contributed by atoms with Gasteiger partial charge >= 0.3 is 5.97 Å². The molecule has 0 saturated carbocycles. The van der Waals surface area contributed by atoms with Gasteiger partial charge in [-0.15, -0.1) is 0 Å². The molecule has 0 unspecified atom stereocenters. The van der Waals surface area contributed by atoms with Gasteiger partial charge in [0.15, 0.2) is 11.6 Å². The monoisotopic (exact) mass is 388 g/mol. The van der Waals surface area contributed by atoms with E-state index in [0.29, 0.717) is 16.9 Å². The summed E-state index contributed by atoms with van der Waals surface area (Å²) >= 11 is 1.47. The fraction of sp³-hybridized carbons (Fsp3) is 0.190. The van der Waals surface area contributed by atoms with Gasteiger partial charge in [0.1, 0.15) is 5.75 Å². The van der Waals surface area contributed by atoms with Gasteiger partial charge in [0.2, 0.25) is 0 Å². The van der Waals surface area contributed by atoms with Gasteiger partial charge in [-0.25, -0.2) is 8.78 Å². The number of carboxylic acid groups (broad SMARTS) is 1. The van der Waals surface area contributed by atoms with Gasteiger partial charge in [0.05, 0.1) is 13.5 Å². The third-order valence-corrected chi connectivity index (χ3v) is 5.17. The van der Waals surface area contributed by atoms with Gasteiger partial charge in [0, 0.05) is 10.5 Å². The lowest BCUT2D eigenvalue weighted by Gasteiger charge is -2.15. The zero-order valence-electron chi connectivity index (χ0n) is 14.7. The van der Waals surface area contributed by atoms with Crippen molar-refractivity contribution in [3.63, 3.8) is 0 Å². The zero-order chi connectivity index (χ0) is 19.4. The number of halogens is 2. The van der Waals surface area contributed by atoms with Crippen LogP contribution in [0.1, 0.15) is 24.0 Å². The van der Waals surface area contributed by atoms with Gasteiger partial charge in [-0.2, -0.15) is 0 Å². The third-order valence-electron chi connectivity index (χ3n) is 4.11. The summed E-state index contributed by atoms with van der Waals surface area (Å²) in [5.74, 6) is -2.05. The van der Waals surface area contributed by atoms with Crippen molar-refractivity contribution in [1.29, 1.82) is 0 Å². The molecule has 0 saturated heterocycles.